The van der Waals surface area contributed by atoms with Gasteiger partial charge in [-0.15, -0.1) is 0 Å². The zero-order valence-electron chi connectivity index (χ0n) is 16.5. The number of imidazole rings is 1. The fourth-order valence-electron chi connectivity index (χ4n) is 3.61. The van der Waals surface area contributed by atoms with E-state index in [4.69, 9.17) is 4.74 Å². The van der Waals surface area contributed by atoms with E-state index in [0.29, 0.717) is 17.0 Å². The lowest BCUT2D eigenvalue weighted by Crippen LogP contribution is -2.43. The number of hydrogen-bond acceptors (Lipinski definition) is 5. The molecule has 3 rings (SSSR count). The van der Waals surface area contributed by atoms with Gasteiger partial charge in [-0.2, -0.15) is 0 Å². The van der Waals surface area contributed by atoms with Gasteiger partial charge in [0.2, 0.25) is 0 Å². The Kier molecular flexibility index (Phi) is 4.88. The predicted octanol–water partition coefficient (Wildman–Crippen LogP) is 1.51. The Morgan fingerprint density at radius 1 is 1.19 bits per heavy atom. The molecule has 0 bridgehead atoms. The standard InChI is InChI=1S/C18H27N5O4/c1-18(2,3)27-16(25)19-11-9-7-6-8-10(11)13-20-12-14(21-13)22(4)17(26)23(5)15(12)24/h10-11H,6-9H2,1-5H3,(H,19,25)(H,20,21)/t10-,11-/m0/s1. The number of aryl methyl sites for hydroxylation is 1. The Morgan fingerprint density at radius 3 is 2.52 bits per heavy atom. The summed E-state index contributed by atoms with van der Waals surface area (Å²) in [6, 6.07) is -0.143. The van der Waals surface area contributed by atoms with Crippen molar-refractivity contribution in [2.24, 2.45) is 14.1 Å². The minimum absolute atomic E-state index is 0.0709. The van der Waals surface area contributed by atoms with Crippen LogP contribution in [0.25, 0.3) is 11.2 Å². The summed E-state index contributed by atoms with van der Waals surface area (Å²) in [5.41, 5.74) is -0.759. The molecule has 1 fully saturated rings. The van der Waals surface area contributed by atoms with Crippen molar-refractivity contribution < 1.29 is 9.53 Å². The van der Waals surface area contributed by atoms with Crippen LogP contribution in [-0.2, 0) is 18.8 Å². The molecule has 2 N–H and O–H groups in total. The number of nitrogens with zero attached hydrogens (tertiary/aromatic N) is 3. The smallest absolute Gasteiger partial charge is 0.407 e. The number of carbonyl (C=O) groups is 1. The van der Waals surface area contributed by atoms with Crippen LogP contribution in [0.3, 0.4) is 0 Å². The molecule has 2 aromatic heterocycles. The van der Waals surface area contributed by atoms with E-state index < -0.39 is 22.9 Å². The molecule has 1 amide bonds. The molecule has 0 spiro atoms. The van der Waals surface area contributed by atoms with E-state index in [2.05, 4.69) is 15.3 Å². The molecule has 1 saturated carbocycles. The molecule has 0 aliphatic heterocycles. The van der Waals surface area contributed by atoms with Gasteiger partial charge in [0.15, 0.2) is 5.65 Å². The van der Waals surface area contributed by atoms with E-state index in [1.165, 1.54) is 11.6 Å². The number of H-pyrrole nitrogens is 1. The molecule has 2 aromatic rings. The monoisotopic (exact) mass is 377 g/mol. The topological polar surface area (TPSA) is 111 Å². The fourth-order valence-corrected chi connectivity index (χ4v) is 3.61. The summed E-state index contributed by atoms with van der Waals surface area (Å²) in [5, 5.41) is 2.95. The van der Waals surface area contributed by atoms with Gasteiger partial charge in [-0.05, 0) is 33.6 Å². The average Bonchev–Trinajstić information content (AvgIpc) is 3.02. The summed E-state index contributed by atoms with van der Waals surface area (Å²) in [7, 11) is 3.03. The number of nitrogens with one attached hydrogen (secondary N) is 2. The largest absolute Gasteiger partial charge is 0.444 e. The Hall–Kier alpha value is -2.58. The van der Waals surface area contributed by atoms with E-state index in [9.17, 15) is 14.4 Å². The zero-order valence-corrected chi connectivity index (χ0v) is 16.5. The maximum atomic E-state index is 12.4. The molecule has 2 atom stereocenters. The number of carbonyl (C=O) groups excluding carboxylic acids is 1. The fraction of sp³-hybridized carbons (Fsp3) is 0.667. The van der Waals surface area contributed by atoms with Crippen molar-refractivity contribution in [3.8, 4) is 0 Å². The van der Waals surface area contributed by atoms with E-state index in [0.717, 1.165) is 30.3 Å². The third kappa shape index (κ3) is 3.77. The zero-order chi connectivity index (χ0) is 19.9. The van der Waals surface area contributed by atoms with Crippen LogP contribution >= 0.6 is 0 Å². The molecule has 27 heavy (non-hydrogen) atoms. The minimum atomic E-state index is -0.571. The SMILES string of the molecule is Cn1c(=O)c2[nH]c([C@H]3CCCC[C@@H]3NC(=O)OC(C)(C)C)nc2n(C)c1=O. The van der Waals surface area contributed by atoms with Crippen molar-refractivity contribution in [1.29, 1.82) is 0 Å². The quantitative estimate of drug-likeness (QED) is 0.824. The first-order valence-corrected chi connectivity index (χ1v) is 9.23. The number of alkyl carbamates (subject to hydrolysis) is 1. The van der Waals surface area contributed by atoms with Crippen molar-refractivity contribution in [3.63, 3.8) is 0 Å². The number of hydrogen-bond donors (Lipinski definition) is 2. The number of ether oxygens (including phenoxy) is 1. The Balaban J connectivity index is 1.94. The van der Waals surface area contributed by atoms with Gasteiger partial charge in [0.05, 0.1) is 0 Å². The van der Waals surface area contributed by atoms with Crippen molar-refractivity contribution in [3.05, 3.63) is 26.7 Å². The highest BCUT2D eigenvalue weighted by Crippen LogP contribution is 2.32. The molecule has 0 unspecified atom stereocenters. The third-order valence-corrected chi connectivity index (χ3v) is 4.93. The molecule has 1 aliphatic carbocycles. The maximum absolute atomic E-state index is 12.4. The first-order chi connectivity index (χ1) is 12.6. The summed E-state index contributed by atoms with van der Waals surface area (Å²) in [5.74, 6) is 0.544. The lowest BCUT2D eigenvalue weighted by molar-refractivity contribution is 0.0484. The van der Waals surface area contributed by atoms with Crippen LogP contribution in [0.1, 0.15) is 58.2 Å². The van der Waals surface area contributed by atoms with Crippen LogP contribution in [0.2, 0.25) is 0 Å². The van der Waals surface area contributed by atoms with Crippen LogP contribution in [0, 0.1) is 0 Å². The molecule has 0 aromatic carbocycles. The number of amides is 1. The normalized spacial score (nSPS) is 20.6. The molecule has 1 aliphatic rings. The number of aromatic nitrogens is 4. The van der Waals surface area contributed by atoms with Gasteiger partial charge in [0, 0.05) is 26.1 Å². The summed E-state index contributed by atoms with van der Waals surface area (Å²) >= 11 is 0. The molecule has 0 radical (unpaired) electrons. The Morgan fingerprint density at radius 2 is 1.85 bits per heavy atom. The molecule has 2 heterocycles. The summed E-state index contributed by atoms with van der Waals surface area (Å²) in [6.45, 7) is 5.46. The highest BCUT2D eigenvalue weighted by molar-refractivity contribution is 5.70. The highest BCUT2D eigenvalue weighted by Gasteiger charge is 2.32. The highest BCUT2D eigenvalue weighted by atomic mass is 16.6. The van der Waals surface area contributed by atoms with Gasteiger partial charge in [-0.1, -0.05) is 12.8 Å². The van der Waals surface area contributed by atoms with E-state index >= 15 is 0 Å². The second-order valence-electron chi connectivity index (χ2n) is 8.17. The van der Waals surface area contributed by atoms with Crippen LogP contribution in [0.15, 0.2) is 9.59 Å². The van der Waals surface area contributed by atoms with Crippen molar-refractivity contribution in [2.45, 2.75) is 64.0 Å². The van der Waals surface area contributed by atoms with Gasteiger partial charge < -0.3 is 15.0 Å². The van der Waals surface area contributed by atoms with Crippen molar-refractivity contribution >= 4 is 17.3 Å². The second kappa shape index (κ2) is 6.86. The predicted molar refractivity (Wildman–Crippen MR) is 101 cm³/mol. The Labute approximate surface area is 156 Å². The Bertz CT molecular complexity index is 979. The van der Waals surface area contributed by atoms with Crippen molar-refractivity contribution in [1.82, 2.24) is 24.4 Å². The van der Waals surface area contributed by atoms with E-state index in [1.807, 2.05) is 20.8 Å². The summed E-state index contributed by atoms with van der Waals surface area (Å²) in [6.07, 6.45) is 3.17. The van der Waals surface area contributed by atoms with Crippen LogP contribution in [0.5, 0.6) is 0 Å². The van der Waals surface area contributed by atoms with Gasteiger partial charge in [0.1, 0.15) is 16.9 Å². The maximum Gasteiger partial charge on any atom is 0.407 e. The van der Waals surface area contributed by atoms with Crippen LogP contribution in [0.4, 0.5) is 4.79 Å². The van der Waals surface area contributed by atoms with E-state index in [-0.39, 0.29) is 12.0 Å². The first-order valence-electron chi connectivity index (χ1n) is 9.23. The molecule has 9 nitrogen and oxygen atoms in total. The third-order valence-electron chi connectivity index (χ3n) is 4.93. The van der Waals surface area contributed by atoms with E-state index in [1.54, 1.807) is 7.05 Å². The lowest BCUT2D eigenvalue weighted by Gasteiger charge is -2.31. The first kappa shape index (κ1) is 19.2. The summed E-state index contributed by atoms with van der Waals surface area (Å²) < 4.78 is 7.79. The summed E-state index contributed by atoms with van der Waals surface area (Å²) in [4.78, 5) is 44.4. The van der Waals surface area contributed by atoms with Crippen LogP contribution in [-0.4, -0.2) is 36.8 Å². The van der Waals surface area contributed by atoms with Crippen molar-refractivity contribution in [2.75, 3.05) is 0 Å². The number of rotatable bonds is 2. The van der Waals surface area contributed by atoms with Gasteiger partial charge in [0.25, 0.3) is 5.56 Å². The molecule has 0 saturated heterocycles. The number of fused-ring (bicyclic) bond motifs is 1. The second-order valence-corrected chi connectivity index (χ2v) is 8.17. The molecule has 148 valence electrons. The minimum Gasteiger partial charge on any atom is -0.444 e. The molecule has 9 heteroatoms. The lowest BCUT2D eigenvalue weighted by atomic mass is 9.84. The average molecular weight is 377 g/mol. The van der Waals surface area contributed by atoms with Gasteiger partial charge >= 0.3 is 11.8 Å². The van der Waals surface area contributed by atoms with Gasteiger partial charge in [-0.3, -0.25) is 13.9 Å². The van der Waals surface area contributed by atoms with Gasteiger partial charge in [-0.25, -0.2) is 14.6 Å². The number of aromatic amines is 1. The molecular weight excluding hydrogens is 350 g/mol. The van der Waals surface area contributed by atoms with Crippen LogP contribution < -0.4 is 16.6 Å². The molecular formula is C18H27N5O4.